The van der Waals surface area contributed by atoms with Gasteiger partial charge in [-0.05, 0) is 31.6 Å². The third-order valence-corrected chi connectivity index (χ3v) is 4.11. The number of carbonyl (C=O) groups is 1. The molecule has 0 aromatic heterocycles. The molecular weight excluding hydrogens is 256 g/mol. The van der Waals surface area contributed by atoms with Crippen LogP contribution in [0.25, 0.3) is 0 Å². The maximum Gasteiger partial charge on any atom is 0.317 e. The molecule has 20 heavy (non-hydrogen) atoms. The highest BCUT2D eigenvalue weighted by atomic mass is 16.5. The lowest BCUT2D eigenvalue weighted by molar-refractivity contribution is 0.00790. The third kappa shape index (κ3) is 5.67. The van der Waals surface area contributed by atoms with E-state index in [1.165, 1.54) is 0 Å². The van der Waals surface area contributed by atoms with Gasteiger partial charge in [0.25, 0.3) is 0 Å². The maximum atomic E-state index is 12.4. The minimum atomic E-state index is 0.0177. The summed E-state index contributed by atoms with van der Waals surface area (Å²) in [4.78, 5) is 14.3. The van der Waals surface area contributed by atoms with Gasteiger partial charge in [-0.3, -0.25) is 0 Å². The van der Waals surface area contributed by atoms with E-state index in [0.717, 1.165) is 39.0 Å². The van der Waals surface area contributed by atoms with Crippen LogP contribution in [0, 0.1) is 5.41 Å². The van der Waals surface area contributed by atoms with E-state index in [9.17, 15) is 4.79 Å². The predicted octanol–water partition coefficient (Wildman–Crippen LogP) is 2.26. The van der Waals surface area contributed by atoms with Crippen LogP contribution in [0.4, 0.5) is 4.79 Å². The Morgan fingerprint density at radius 3 is 2.65 bits per heavy atom. The van der Waals surface area contributed by atoms with Crippen molar-refractivity contribution in [3.05, 3.63) is 0 Å². The van der Waals surface area contributed by atoms with Crippen LogP contribution in [0.1, 0.15) is 40.0 Å². The van der Waals surface area contributed by atoms with Crippen LogP contribution >= 0.6 is 0 Å². The molecule has 0 aromatic carbocycles. The molecule has 0 spiro atoms. The van der Waals surface area contributed by atoms with Crippen molar-refractivity contribution in [2.75, 3.05) is 40.0 Å². The molecule has 1 N–H and O–H groups in total. The Kier molecular flexibility index (Phi) is 7.30. The second-order valence-electron chi connectivity index (χ2n) is 6.10. The standard InChI is InChI=1S/C15H30N2O3/c1-5-13(2)16-14(18)17(8-11-19-4)12-15(3)6-9-20-10-7-15/h13H,5-12H2,1-4H3,(H,16,18)/t13-/m0/s1. The number of hydrogen-bond donors (Lipinski definition) is 1. The van der Waals surface area contributed by atoms with Crippen molar-refractivity contribution in [1.82, 2.24) is 10.2 Å². The normalized spacial score (nSPS) is 19.4. The quantitative estimate of drug-likeness (QED) is 0.781. The van der Waals surface area contributed by atoms with Gasteiger partial charge in [0.05, 0.1) is 6.61 Å². The minimum Gasteiger partial charge on any atom is -0.383 e. The van der Waals surface area contributed by atoms with Gasteiger partial charge >= 0.3 is 6.03 Å². The van der Waals surface area contributed by atoms with E-state index < -0.39 is 0 Å². The predicted molar refractivity (Wildman–Crippen MR) is 79.9 cm³/mol. The molecule has 1 rings (SSSR count). The summed E-state index contributed by atoms with van der Waals surface area (Å²) in [6, 6.07) is 0.221. The first-order chi connectivity index (χ1) is 9.50. The Bertz CT molecular complexity index is 291. The minimum absolute atomic E-state index is 0.0177. The molecule has 0 radical (unpaired) electrons. The summed E-state index contributed by atoms with van der Waals surface area (Å²) in [6.07, 6.45) is 2.95. The molecule has 5 nitrogen and oxygen atoms in total. The van der Waals surface area contributed by atoms with Crippen molar-refractivity contribution in [2.24, 2.45) is 5.41 Å². The summed E-state index contributed by atoms with van der Waals surface area (Å²) >= 11 is 0. The molecule has 1 aliphatic heterocycles. The summed E-state index contributed by atoms with van der Waals surface area (Å²) in [5, 5.41) is 3.05. The number of nitrogens with zero attached hydrogens (tertiary/aromatic N) is 1. The van der Waals surface area contributed by atoms with Crippen molar-refractivity contribution in [2.45, 2.75) is 46.1 Å². The Balaban J connectivity index is 2.60. The number of hydrogen-bond acceptors (Lipinski definition) is 3. The van der Waals surface area contributed by atoms with Gasteiger partial charge in [-0.25, -0.2) is 4.79 Å². The Morgan fingerprint density at radius 2 is 2.10 bits per heavy atom. The largest absolute Gasteiger partial charge is 0.383 e. The van der Waals surface area contributed by atoms with Crippen LogP contribution in [-0.2, 0) is 9.47 Å². The maximum absolute atomic E-state index is 12.4. The number of ether oxygens (including phenoxy) is 2. The number of amides is 2. The van der Waals surface area contributed by atoms with E-state index in [0.29, 0.717) is 13.2 Å². The lowest BCUT2D eigenvalue weighted by Gasteiger charge is -2.38. The van der Waals surface area contributed by atoms with E-state index in [4.69, 9.17) is 9.47 Å². The van der Waals surface area contributed by atoms with Crippen molar-refractivity contribution in [3.63, 3.8) is 0 Å². The molecule has 1 heterocycles. The Labute approximate surface area is 123 Å². The van der Waals surface area contributed by atoms with Gasteiger partial charge in [0.15, 0.2) is 0 Å². The number of nitrogens with one attached hydrogen (secondary N) is 1. The van der Waals surface area contributed by atoms with Gasteiger partial charge < -0.3 is 19.7 Å². The summed E-state index contributed by atoms with van der Waals surface area (Å²) < 4.78 is 10.6. The van der Waals surface area contributed by atoms with Crippen molar-refractivity contribution in [1.29, 1.82) is 0 Å². The van der Waals surface area contributed by atoms with E-state index in [1.54, 1.807) is 7.11 Å². The van der Waals surface area contributed by atoms with Gasteiger partial charge in [-0.15, -0.1) is 0 Å². The molecule has 2 amide bonds. The van der Waals surface area contributed by atoms with Crippen LogP contribution in [0.15, 0.2) is 0 Å². The Hall–Kier alpha value is -0.810. The van der Waals surface area contributed by atoms with Gasteiger partial charge in [-0.2, -0.15) is 0 Å². The number of carbonyl (C=O) groups excluding carboxylic acids is 1. The smallest absolute Gasteiger partial charge is 0.317 e. The first kappa shape index (κ1) is 17.2. The molecule has 1 fully saturated rings. The summed E-state index contributed by atoms with van der Waals surface area (Å²) in [5.41, 5.74) is 0.152. The number of rotatable bonds is 7. The zero-order valence-corrected chi connectivity index (χ0v) is 13.4. The van der Waals surface area contributed by atoms with E-state index >= 15 is 0 Å². The van der Waals surface area contributed by atoms with Crippen molar-refractivity contribution < 1.29 is 14.3 Å². The van der Waals surface area contributed by atoms with E-state index in [1.807, 2.05) is 11.8 Å². The first-order valence-electron chi connectivity index (χ1n) is 7.63. The lowest BCUT2D eigenvalue weighted by atomic mass is 9.82. The zero-order valence-electron chi connectivity index (χ0n) is 13.4. The van der Waals surface area contributed by atoms with Gasteiger partial charge in [0.1, 0.15) is 0 Å². The van der Waals surface area contributed by atoms with Crippen LogP contribution in [0.3, 0.4) is 0 Å². The van der Waals surface area contributed by atoms with Crippen molar-refractivity contribution >= 4 is 6.03 Å². The zero-order chi connectivity index (χ0) is 15.0. The lowest BCUT2D eigenvalue weighted by Crippen LogP contribution is -2.49. The highest BCUT2D eigenvalue weighted by molar-refractivity contribution is 5.74. The fraction of sp³-hybridized carbons (Fsp3) is 0.933. The molecule has 0 aromatic rings. The molecule has 1 saturated heterocycles. The highest BCUT2D eigenvalue weighted by Crippen LogP contribution is 2.30. The van der Waals surface area contributed by atoms with Crippen LogP contribution in [-0.4, -0.2) is 57.0 Å². The highest BCUT2D eigenvalue weighted by Gasteiger charge is 2.31. The fourth-order valence-corrected chi connectivity index (χ4v) is 2.34. The number of urea groups is 1. The summed E-state index contributed by atoms with van der Waals surface area (Å²) in [6.45, 7) is 9.90. The molecule has 118 valence electrons. The van der Waals surface area contributed by atoms with Crippen LogP contribution < -0.4 is 5.32 Å². The monoisotopic (exact) mass is 286 g/mol. The van der Waals surface area contributed by atoms with Gasteiger partial charge in [0.2, 0.25) is 0 Å². The summed E-state index contributed by atoms with van der Waals surface area (Å²) in [5.74, 6) is 0. The molecule has 0 aliphatic carbocycles. The molecule has 0 saturated carbocycles. The summed E-state index contributed by atoms with van der Waals surface area (Å²) in [7, 11) is 1.67. The second kappa shape index (κ2) is 8.47. The molecule has 0 bridgehead atoms. The van der Waals surface area contributed by atoms with Gasteiger partial charge in [0, 0.05) is 39.5 Å². The molecular formula is C15H30N2O3. The van der Waals surface area contributed by atoms with E-state index in [-0.39, 0.29) is 17.5 Å². The first-order valence-corrected chi connectivity index (χ1v) is 7.63. The van der Waals surface area contributed by atoms with E-state index in [2.05, 4.69) is 19.2 Å². The molecule has 5 heteroatoms. The molecule has 1 aliphatic rings. The topological polar surface area (TPSA) is 50.8 Å². The number of methoxy groups -OCH3 is 1. The van der Waals surface area contributed by atoms with Crippen LogP contribution in [0.5, 0.6) is 0 Å². The fourth-order valence-electron chi connectivity index (χ4n) is 2.34. The average Bonchev–Trinajstić information content (AvgIpc) is 2.43. The third-order valence-electron chi connectivity index (χ3n) is 4.11. The van der Waals surface area contributed by atoms with Gasteiger partial charge in [-0.1, -0.05) is 13.8 Å². The van der Waals surface area contributed by atoms with Crippen molar-refractivity contribution in [3.8, 4) is 0 Å². The molecule has 1 atom stereocenters. The molecule has 0 unspecified atom stereocenters. The SMILES string of the molecule is CC[C@H](C)NC(=O)N(CCOC)CC1(C)CCOCC1. The average molecular weight is 286 g/mol. The second-order valence-corrected chi connectivity index (χ2v) is 6.10. The van der Waals surface area contributed by atoms with Crippen LogP contribution in [0.2, 0.25) is 0 Å². The Morgan fingerprint density at radius 1 is 1.45 bits per heavy atom.